The Hall–Kier alpha value is -2.56. The van der Waals surface area contributed by atoms with Gasteiger partial charge in [-0.2, -0.15) is 0 Å². The van der Waals surface area contributed by atoms with E-state index < -0.39 is 10.0 Å². The van der Waals surface area contributed by atoms with Crippen molar-refractivity contribution in [2.45, 2.75) is 64.5 Å². The molecule has 0 saturated carbocycles. The average molecular weight is 555 g/mol. The second-order valence-corrected chi connectivity index (χ2v) is 13.6. The Balaban J connectivity index is 1.15. The van der Waals surface area contributed by atoms with Crippen molar-refractivity contribution < 1.29 is 13.2 Å². The van der Waals surface area contributed by atoms with Crippen LogP contribution < -0.4 is 5.32 Å². The molecule has 3 heterocycles. The topological polar surface area (TPSA) is 98.7 Å². The van der Waals surface area contributed by atoms with Crippen LogP contribution in [0.25, 0.3) is 0 Å². The van der Waals surface area contributed by atoms with Crippen LogP contribution >= 0.6 is 0 Å². The molecule has 0 radical (unpaired) electrons. The van der Waals surface area contributed by atoms with Gasteiger partial charge in [0.2, 0.25) is 10.0 Å². The van der Waals surface area contributed by atoms with E-state index in [2.05, 4.69) is 44.5 Å². The number of aryl methyl sites for hydroxylation is 1. The summed E-state index contributed by atoms with van der Waals surface area (Å²) >= 11 is 0. The predicted octanol–water partition coefficient (Wildman–Crippen LogP) is 2.88. The molecule has 1 aromatic carbocycles. The Morgan fingerprint density at radius 2 is 1.62 bits per heavy atom. The lowest BCUT2D eigenvalue weighted by Crippen LogP contribution is -2.52. The fourth-order valence-electron chi connectivity index (χ4n) is 6.51. The minimum absolute atomic E-state index is 0.0127. The summed E-state index contributed by atoms with van der Waals surface area (Å²) in [4.78, 5) is 27.2. The first-order valence-electron chi connectivity index (χ1n) is 14.2. The molecule has 1 aromatic heterocycles. The zero-order valence-corrected chi connectivity index (χ0v) is 24.5. The Kier molecular flexibility index (Phi) is 8.26. The molecule has 3 aliphatic rings. The highest BCUT2D eigenvalue weighted by atomic mass is 32.2. The van der Waals surface area contributed by atoms with Crippen LogP contribution in [-0.2, 0) is 22.9 Å². The summed E-state index contributed by atoms with van der Waals surface area (Å²) in [6.45, 7) is 7.83. The quantitative estimate of drug-likeness (QED) is 0.562. The van der Waals surface area contributed by atoms with Gasteiger partial charge in [-0.3, -0.25) is 4.79 Å². The zero-order valence-electron chi connectivity index (χ0n) is 23.7. The maximum atomic E-state index is 13.6. The van der Waals surface area contributed by atoms with Crippen LogP contribution in [0.5, 0.6) is 0 Å². The third-order valence-electron chi connectivity index (χ3n) is 8.96. The normalized spacial score (nSPS) is 20.0. The molecule has 10 heteroatoms. The van der Waals surface area contributed by atoms with E-state index in [1.807, 2.05) is 18.7 Å². The van der Waals surface area contributed by atoms with Gasteiger partial charge >= 0.3 is 0 Å². The fraction of sp³-hybridized carbons (Fsp3) is 0.621. The number of fused-ring (bicyclic) bond motifs is 1. The third-order valence-corrected chi connectivity index (χ3v) is 10.3. The number of benzene rings is 1. The van der Waals surface area contributed by atoms with E-state index in [1.165, 1.54) is 21.7 Å². The Bertz CT molecular complexity index is 1280. The number of anilines is 1. The largest absolute Gasteiger partial charge is 0.369 e. The molecule has 1 amide bonds. The van der Waals surface area contributed by atoms with Crippen LogP contribution in [0.1, 0.15) is 58.7 Å². The summed E-state index contributed by atoms with van der Waals surface area (Å²) in [7, 11) is -1.48. The number of nitrogens with zero attached hydrogens (tertiary/aromatic N) is 5. The van der Waals surface area contributed by atoms with Crippen LogP contribution in [0.2, 0.25) is 0 Å². The second kappa shape index (κ2) is 11.5. The first kappa shape index (κ1) is 28.0. The molecule has 5 rings (SSSR count). The van der Waals surface area contributed by atoms with Crippen molar-refractivity contribution in [2.75, 3.05) is 51.3 Å². The molecule has 0 bridgehead atoms. The minimum atomic E-state index is -3.16. The first-order chi connectivity index (χ1) is 18.6. The third kappa shape index (κ3) is 6.28. The molecular weight excluding hydrogens is 512 g/mol. The smallest absolute Gasteiger partial charge is 0.272 e. The van der Waals surface area contributed by atoms with Crippen molar-refractivity contribution in [3.05, 3.63) is 52.5 Å². The van der Waals surface area contributed by atoms with Crippen molar-refractivity contribution in [1.82, 2.24) is 24.1 Å². The highest BCUT2D eigenvalue weighted by Gasteiger charge is 2.33. The number of sulfonamides is 1. The number of hydrogen-bond donors (Lipinski definition) is 1. The predicted molar refractivity (Wildman–Crippen MR) is 153 cm³/mol. The molecule has 1 N–H and O–H groups in total. The second-order valence-electron chi connectivity index (χ2n) is 11.6. The molecular formula is C29H42N6O3S. The van der Waals surface area contributed by atoms with Gasteiger partial charge in [0.25, 0.3) is 5.91 Å². The number of amides is 1. The average Bonchev–Trinajstić information content (AvgIpc) is 3.35. The summed E-state index contributed by atoms with van der Waals surface area (Å²) in [5.41, 5.74) is 4.19. The summed E-state index contributed by atoms with van der Waals surface area (Å²) < 4.78 is 25.3. The molecule has 0 spiro atoms. The van der Waals surface area contributed by atoms with E-state index in [9.17, 15) is 13.2 Å². The van der Waals surface area contributed by atoms with Crippen LogP contribution in [0.4, 0.5) is 5.82 Å². The SMILES string of the molecule is Cc1nc(NCC2Cc3ccccc3C2)c(C)c(C(=O)N2CCC(N3CCC(N(C)S(C)(=O)=O)CC3)CC2)n1. The minimum Gasteiger partial charge on any atom is -0.369 e. The molecule has 2 aromatic rings. The molecule has 2 fully saturated rings. The van der Waals surface area contributed by atoms with Crippen molar-refractivity contribution in [1.29, 1.82) is 0 Å². The Morgan fingerprint density at radius 3 is 2.21 bits per heavy atom. The zero-order chi connectivity index (χ0) is 27.7. The monoisotopic (exact) mass is 554 g/mol. The highest BCUT2D eigenvalue weighted by Crippen LogP contribution is 2.28. The van der Waals surface area contributed by atoms with Crippen LogP contribution in [-0.4, -0.2) is 96.5 Å². The number of likely N-dealkylation sites (tertiary alicyclic amines) is 2. The van der Waals surface area contributed by atoms with E-state index in [-0.39, 0.29) is 11.9 Å². The highest BCUT2D eigenvalue weighted by molar-refractivity contribution is 7.88. The number of carbonyl (C=O) groups excluding carboxylic acids is 1. The fourth-order valence-corrected chi connectivity index (χ4v) is 7.27. The number of nitrogens with one attached hydrogen (secondary N) is 1. The molecule has 2 saturated heterocycles. The maximum absolute atomic E-state index is 13.6. The standard InChI is InChI=1S/C29H42N6O3S/c1-20-27(31-21(2)32-28(20)30-19-22-17-23-7-5-6-8-24(23)18-22)29(36)35-15-11-26(12-16-35)34-13-9-25(10-14-34)33(3)39(4,37)38/h5-8,22,25-26H,9-19H2,1-4H3,(H,30,31,32). The molecule has 39 heavy (non-hydrogen) atoms. The van der Waals surface area contributed by atoms with Gasteiger partial charge in [-0.05, 0) is 82.5 Å². The van der Waals surface area contributed by atoms with Gasteiger partial charge in [0.15, 0.2) is 0 Å². The van der Waals surface area contributed by atoms with Gasteiger partial charge in [0, 0.05) is 44.3 Å². The lowest BCUT2D eigenvalue weighted by atomic mass is 9.97. The van der Waals surface area contributed by atoms with E-state index in [0.29, 0.717) is 36.6 Å². The van der Waals surface area contributed by atoms with Crippen molar-refractivity contribution in [2.24, 2.45) is 5.92 Å². The van der Waals surface area contributed by atoms with Crippen molar-refractivity contribution in [3.8, 4) is 0 Å². The lowest BCUT2D eigenvalue weighted by molar-refractivity contribution is 0.0542. The first-order valence-corrected chi connectivity index (χ1v) is 16.1. The number of hydrogen-bond acceptors (Lipinski definition) is 7. The molecule has 2 aliphatic heterocycles. The van der Waals surface area contributed by atoms with Crippen molar-refractivity contribution >= 4 is 21.7 Å². The maximum Gasteiger partial charge on any atom is 0.272 e. The Labute approximate surface area is 233 Å². The number of piperidine rings is 2. The van der Waals surface area contributed by atoms with E-state index >= 15 is 0 Å². The van der Waals surface area contributed by atoms with Gasteiger partial charge in [-0.25, -0.2) is 22.7 Å². The molecule has 1 aliphatic carbocycles. The molecule has 0 unspecified atom stereocenters. The van der Waals surface area contributed by atoms with Crippen LogP contribution in [0.3, 0.4) is 0 Å². The molecule has 9 nitrogen and oxygen atoms in total. The number of rotatable bonds is 7. The van der Waals surface area contributed by atoms with Gasteiger partial charge in [-0.15, -0.1) is 0 Å². The van der Waals surface area contributed by atoms with Crippen LogP contribution in [0, 0.1) is 19.8 Å². The van der Waals surface area contributed by atoms with E-state index in [4.69, 9.17) is 0 Å². The molecule has 0 atom stereocenters. The summed E-state index contributed by atoms with van der Waals surface area (Å²) in [5, 5.41) is 3.53. The summed E-state index contributed by atoms with van der Waals surface area (Å²) in [5.74, 6) is 1.88. The lowest BCUT2D eigenvalue weighted by Gasteiger charge is -2.43. The van der Waals surface area contributed by atoms with Gasteiger partial charge < -0.3 is 15.1 Å². The van der Waals surface area contributed by atoms with Gasteiger partial charge in [0.05, 0.1) is 6.26 Å². The number of carbonyl (C=O) groups is 1. The van der Waals surface area contributed by atoms with Crippen molar-refractivity contribution in [3.63, 3.8) is 0 Å². The number of aromatic nitrogens is 2. The van der Waals surface area contributed by atoms with E-state index in [1.54, 1.807) is 7.05 Å². The molecule has 212 valence electrons. The summed E-state index contributed by atoms with van der Waals surface area (Å²) in [6.07, 6.45) is 6.97. The van der Waals surface area contributed by atoms with Crippen LogP contribution in [0.15, 0.2) is 24.3 Å². The Morgan fingerprint density at radius 1 is 1.00 bits per heavy atom. The van der Waals surface area contributed by atoms with E-state index in [0.717, 1.165) is 69.5 Å². The van der Waals surface area contributed by atoms with Gasteiger partial charge in [-0.1, -0.05) is 24.3 Å². The summed E-state index contributed by atoms with van der Waals surface area (Å²) in [6, 6.07) is 9.16. The van der Waals surface area contributed by atoms with Gasteiger partial charge in [0.1, 0.15) is 17.3 Å².